The average Bonchev–Trinajstić information content (AvgIpc) is 3.46. The fourth-order valence-corrected chi connectivity index (χ4v) is 4.61. The number of thiophene rings is 1. The van der Waals surface area contributed by atoms with Crippen LogP contribution in [0.2, 0.25) is 0 Å². The van der Waals surface area contributed by atoms with Gasteiger partial charge in [0.05, 0.1) is 6.04 Å². The van der Waals surface area contributed by atoms with E-state index < -0.39 is 0 Å². The van der Waals surface area contributed by atoms with Crippen molar-refractivity contribution in [2.75, 3.05) is 26.2 Å². The Morgan fingerprint density at radius 1 is 1.16 bits per heavy atom. The Balaban J connectivity index is 1.28. The Morgan fingerprint density at radius 3 is 2.58 bits per heavy atom. The van der Waals surface area contributed by atoms with Crippen molar-refractivity contribution in [3.8, 4) is 11.4 Å². The minimum Gasteiger partial charge on any atom is -0.337 e. The molecule has 3 heterocycles. The van der Waals surface area contributed by atoms with Gasteiger partial charge in [-0.3, -0.25) is 4.90 Å². The van der Waals surface area contributed by atoms with Crippen LogP contribution in [0.25, 0.3) is 11.4 Å². The normalized spacial score (nSPS) is 16.8. The van der Waals surface area contributed by atoms with E-state index >= 15 is 0 Å². The third kappa shape index (κ3) is 5.32. The molecule has 3 aromatic rings. The van der Waals surface area contributed by atoms with E-state index in [9.17, 15) is 4.79 Å². The minimum absolute atomic E-state index is 0.00895. The Morgan fingerprint density at radius 2 is 1.90 bits per heavy atom. The minimum atomic E-state index is 0.00895. The van der Waals surface area contributed by atoms with Crippen molar-refractivity contribution in [2.45, 2.75) is 39.3 Å². The Hall–Kier alpha value is -2.71. The molecule has 0 bridgehead atoms. The highest BCUT2D eigenvalue weighted by atomic mass is 32.1. The van der Waals surface area contributed by atoms with Gasteiger partial charge in [0.2, 0.25) is 11.7 Å². The number of nitrogens with zero attached hydrogens (tertiary/aromatic N) is 4. The number of aryl methyl sites for hydroxylation is 1. The number of amides is 2. The van der Waals surface area contributed by atoms with Crippen LogP contribution in [0.1, 0.15) is 36.2 Å². The van der Waals surface area contributed by atoms with Crippen molar-refractivity contribution in [1.29, 1.82) is 0 Å². The Labute approximate surface area is 187 Å². The van der Waals surface area contributed by atoms with Crippen molar-refractivity contribution in [3.63, 3.8) is 0 Å². The number of urea groups is 1. The molecule has 1 fully saturated rings. The van der Waals surface area contributed by atoms with Crippen molar-refractivity contribution in [1.82, 2.24) is 25.3 Å². The zero-order valence-electron chi connectivity index (χ0n) is 18.2. The lowest BCUT2D eigenvalue weighted by Crippen LogP contribution is -2.53. The predicted octanol–water partition coefficient (Wildman–Crippen LogP) is 4.13. The number of carbonyl (C=O) groups is 1. The van der Waals surface area contributed by atoms with E-state index in [0.717, 1.165) is 25.1 Å². The first-order valence-corrected chi connectivity index (χ1v) is 11.6. The van der Waals surface area contributed by atoms with Crippen LogP contribution in [0.3, 0.4) is 0 Å². The number of rotatable bonds is 6. The highest BCUT2D eigenvalue weighted by Crippen LogP contribution is 2.24. The van der Waals surface area contributed by atoms with Crippen LogP contribution in [0.15, 0.2) is 46.3 Å². The summed E-state index contributed by atoms with van der Waals surface area (Å²) in [5, 5.41) is 9.34. The van der Waals surface area contributed by atoms with Crippen LogP contribution in [-0.2, 0) is 6.42 Å². The lowest BCUT2D eigenvalue weighted by Gasteiger charge is -2.37. The van der Waals surface area contributed by atoms with Crippen LogP contribution < -0.4 is 5.32 Å². The molecule has 0 saturated carbocycles. The van der Waals surface area contributed by atoms with Crippen LogP contribution >= 0.6 is 11.3 Å². The number of hydrogen-bond donors (Lipinski definition) is 1. The van der Waals surface area contributed by atoms with Crippen molar-refractivity contribution >= 4 is 17.4 Å². The molecular formula is C23H29N5O2S. The Bertz CT molecular complexity index is 978. The van der Waals surface area contributed by atoms with Crippen LogP contribution in [0.5, 0.6) is 0 Å². The van der Waals surface area contributed by atoms with Gasteiger partial charge in [-0.1, -0.05) is 41.1 Å². The van der Waals surface area contributed by atoms with Crippen LogP contribution in [0, 0.1) is 6.92 Å². The molecule has 1 saturated heterocycles. The highest BCUT2D eigenvalue weighted by molar-refractivity contribution is 7.09. The lowest BCUT2D eigenvalue weighted by molar-refractivity contribution is 0.0992. The number of aromatic nitrogens is 2. The van der Waals surface area contributed by atoms with E-state index in [4.69, 9.17) is 4.52 Å². The molecule has 2 unspecified atom stereocenters. The summed E-state index contributed by atoms with van der Waals surface area (Å²) in [6.45, 7) is 9.09. The second-order valence-corrected chi connectivity index (χ2v) is 9.19. The number of nitrogens with one attached hydrogen (secondary N) is 1. The molecular weight excluding hydrogens is 410 g/mol. The van der Waals surface area contributed by atoms with Crippen molar-refractivity contribution in [3.05, 3.63) is 58.1 Å². The van der Waals surface area contributed by atoms with Gasteiger partial charge in [0, 0.05) is 49.1 Å². The molecule has 2 amide bonds. The first-order chi connectivity index (χ1) is 15.0. The summed E-state index contributed by atoms with van der Waals surface area (Å²) in [5.74, 6) is 1.22. The molecule has 7 nitrogen and oxygen atoms in total. The molecule has 1 N–H and O–H groups in total. The number of hydrogen-bond acceptors (Lipinski definition) is 6. The summed E-state index contributed by atoms with van der Waals surface area (Å²) in [6, 6.07) is 12.4. The SMILES string of the molecule is Cc1ccc(-c2noc(C(C)N3CCN(C(=O)NC(C)Cc4cccs4)CC3)n2)cc1. The molecule has 0 aliphatic carbocycles. The summed E-state index contributed by atoms with van der Waals surface area (Å²) in [4.78, 5) is 22.7. The molecule has 4 rings (SSSR count). The fraction of sp³-hybridized carbons (Fsp3) is 0.435. The maximum Gasteiger partial charge on any atom is 0.317 e. The molecule has 0 spiro atoms. The standard InChI is InChI=1S/C23H29N5O2S/c1-16-6-8-19(9-7-16)21-25-22(30-26-21)18(3)27-10-12-28(13-11-27)23(29)24-17(2)15-20-5-4-14-31-20/h4-9,14,17-18H,10-13,15H2,1-3H3,(H,24,29). The maximum absolute atomic E-state index is 12.6. The molecule has 2 aromatic heterocycles. The highest BCUT2D eigenvalue weighted by Gasteiger charge is 2.28. The van der Waals surface area contributed by atoms with Crippen molar-refractivity contribution in [2.24, 2.45) is 0 Å². The quantitative estimate of drug-likeness (QED) is 0.625. The van der Waals surface area contributed by atoms with Gasteiger partial charge in [-0.25, -0.2) is 4.79 Å². The molecule has 1 aromatic carbocycles. The number of carbonyl (C=O) groups excluding carboxylic acids is 1. The summed E-state index contributed by atoms with van der Waals surface area (Å²) < 4.78 is 5.55. The molecule has 31 heavy (non-hydrogen) atoms. The van der Waals surface area contributed by atoms with Gasteiger partial charge in [0.15, 0.2) is 0 Å². The molecule has 2 atom stereocenters. The van der Waals surface area contributed by atoms with Gasteiger partial charge < -0.3 is 14.7 Å². The number of piperazine rings is 1. The van der Waals surface area contributed by atoms with Gasteiger partial charge in [0.25, 0.3) is 0 Å². The molecule has 164 valence electrons. The summed E-state index contributed by atoms with van der Waals surface area (Å²) >= 11 is 1.72. The Kier molecular flexibility index (Phi) is 6.67. The smallest absolute Gasteiger partial charge is 0.317 e. The average molecular weight is 440 g/mol. The first-order valence-electron chi connectivity index (χ1n) is 10.7. The largest absolute Gasteiger partial charge is 0.337 e. The van der Waals surface area contributed by atoms with Gasteiger partial charge in [-0.2, -0.15) is 4.98 Å². The van der Waals surface area contributed by atoms with Gasteiger partial charge in [0.1, 0.15) is 0 Å². The molecule has 8 heteroatoms. The van der Waals surface area contributed by atoms with E-state index in [1.54, 1.807) is 11.3 Å². The molecule has 1 aliphatic heterocycles. The van der Waals surface area contributed by atoms with Crippen molar-refractivity contribution < 1.29 is 9.32 Å². The van der Waals surface area contributed by atoms with E-state index in [2.05, 4.69) is 52.6 Å². The fourth-order valence-electron chi connectivity index (χ4n) is 3.78. The van der Waals surface area contributed by atoms with E-state index in [0.29, 0.717) is 24.8 Å². The zero-order valence-corrected chi connectivity index (χ0v) is 19.1. The third-order valence-corrected chi connectivity index (χ3v) is 6.61. The maximum atomic E-state index is 12.6. The zero-order chi connectivity index (χ0) is 21.8. The van der Waals surface area contributed by atoms with E-state index in [1.807, 2.05) is 35.2 Å². The molecule has 1 aliphatic rings. The van der Waals surface area contributed by atoms with Gasteiger partial charge in [-0.05, 0) is 32.2 Å². The second kappa shape index (κ2) is 9.62. The lowest BCUT2D eigenvalue weighted by atomic mass is 10.1. The second-order valence-electron chi connectivity index (χ2n) is 8.16. The van der Waals surface area contributed by atoms with Gasteiger partial charge >= 0.3 is 6.03 Å². The summed E-state index contributed by atoms with van der Waals surface area (Å²) in [5.41, 5.74) is 2.15. The predicted molar refractivity (Wildman–Crippen MR) is 122 cm³/mol. The monoisotopic (exact) mass is 439 g/mol. The summed E-state index contributed by atoms with van der Waals surface area (Å²) in [6.07, 6.45) is 0.862. The first kappa shape index (κ1) is 21.5. The summed E-state index contributed by atoms with van der Waals surface area (Å²) in [7, 11) is 0. The third-order valence-electron chi connectivity index (χ3n) is 5.72. The van der Waals surface area contributed by atoms with Crippen LogP contribution in [-0.4, -0.2) is 58.2 Å². The number of benzene rings is 1. The van der Waals surface area contributed by atoms with E-state index in [-0.39, 0.29) is 18.1 Å². The molecule has 0 radical (unpaired) electrons. The topological polar surface area (TPSA) is 74.5 Å². The van der Waals surface area contributed by atoms with E-state index in [1.165, 1.54) is 10.4 Å². The van der Waals surface area contributed by atoms with Gasteiger partial charge in [-0.15, -0.1) is 11.3 Å². The van der Waals surface area contributed by atoms with Crippen LogP contribution in [0.4, 0.5) is 4.79 Å².